The van der Waals surface area contributed by atoms with Crippen molar-refractivity contribution in [1.29, 1.82) is 0 Å². The number of amides is 1. The summed E-state index contributed by atoms with van der Waals surface area (Å²) in [5.74, 6) is 0.903. The van der Waals surface area contributed by atoms with Crippen LogP contribution in [0.2, 0.25) is 0 Å². The number of hydrogen-bond donors (Lipinski definition) is 2. The minimum absolute atomic E-state index is 0.253. The number of benzene rings is 1. The van der Waals surface area contributed by atoms with Gasteiger partial charge in [0.05, 0.1) is 5.69 Å². The molecule has 6 heteroatoms. The molecule has 0 bridgehead atoms. The van der Waals surface area contributed by atoms with E-state index in [1.165, 1.54) is 0 Å². The number of rotatable bonds is 5. The minimum atomic E-state index is -0.253. The zero-order chi connectivity index (χ0) is 14.5. The number of nitrogens with one attached hydrogen (secondary N) is 1. The molecular formula is C14H17N3O3. The van der Waals surface area contributed by atoms with Gasteiger partial charge in [-0.1, -0.05) is 11.2 Å². The van der Waals surface area contributed by atoms with Crippen molar-refractivity contribution in [2.75, 3.05) is 18.5 Å². The maximum atomic E-state index is 12.2. The van der Waals surface area contributed by atoms with Gasteiger partial charge in [0.2, 0.25) is 0 Å². The molecule has 0 saturated heterocycles. The van der Waals surface area contributed by atoms with E-state index in [2.05, 4.69) is 10.5 Å². The second-order valence-electron chi connectivity index (χ2n) is 4.32. The van der Waals surface area contributed by atoms with Gasteiger partial charge in [-0.3, -0.25) is 4.79 Å². The molecule has 2 rings (SSSR count). The van der Waals surface area contributed by atoms with Gasteiger partial charge in [0.1, 0.15) is 23.7 Å². The van der Waals surface area contributed by atoms with Crippen molar-refractivity contribution in [2.24, 2.45) is 5.73 Å². The van der Waals surface area contributed by atoms with Crippen LogP contribution in [0.5, 0.6) is 5.75 Å². The molecule has 0 aliphatic rings. The second kappa shape index (κ2) is 6.21. The van der Waals surface area contributed by atoms with Crippen molar-refractivity contribution in [3.05, 3.63) is 41.3 Å². The highest BCUT2D eigenvalue weighted by atomic mass is 16.5. The smallest absolute Gasteiger partial charge is 0.261 e. The Balaban J connectivity index is 2.12. The normalized spacial score (nSPS) is 10.3. The van der Waals surface area contributed by atoms with Gasteiger partial charge in [-0.05, 0) is 26.0 Å². The standard InChI is InChI=1S/C14H17N3O3/c1-9-13(10(2)20-17-9)14(18)16-11-4-3-5-12(8-11)19-7-6-15/h3-5,8H,6-7,15H2,1-2H3,(H,16,18). The molecule has 0 atom stereocenters. The molecule has 106 valence electrons. The summed E-state index contributed by atoms with van der Waals surface area (Å²) in [5, 5.41) is 6.56. The highest BCUT2D eigenvalue weighted by molar-refractivity contribution is 6.05. The number of hydrogen-bond acceptors (Lipinski definition) is 5. The Hall–Kier alpha value is -2.34. The first-order chi connectivity index (χ1) is 9.61. The summed E-state index contributed by atoms with van der Waals surface area (Å²) in [4.78, 5) is 12.2. The third-order valence-corrected chi connectivity index (χ3v) is 2.74. The van der Waals surface area contributed by atoms with Gasteiger partial charge in [-0.15, -0.1) is 0 Å². The molecule has 1 heterocycles. The van der Waals surface area contributed by atoms with Gasteiger partial charge in [0, 0.05) is 18.3 Å². The van der Waals surface area contributed by atoms with Crippen molar-refractivity contribution >= 4 is 11.6 Å². The summed E-state index contributed by atoms with van der Waals surface area (Å²) in [7, 11) is 0. The number of ether oxygens (including phenoxy) is 1. The van der Waals surface area contributed by atoms with E-state index in [1.54, 1.807) is 38.1 Å². The number of nitrogens with two attached hydrogens (primary N) is 1. The molecule has 0 unspecified atom stereocenters. The quantitative estimate of drug-likeness (QED) is 0.869. The van der Waals surface area contributed by atoms with Crippen LogP contribution in [0.1, 0.15) is 21.8 Å². The highest BCUT2D eigenvalue weighted by Crippen LogP contribution is 2.19. The van der Waals surface area contributed by atoms with Crippen LogP contribution in [0.3, 0.4) is 0 Å². The Kier molecular flexibility index (Phi) is 4.37. The van der Waals surface area contributed by atoms with Crippen LogP contribution < -0.4 is 15.8 Å². The predicted molar refractivity (Wildman–Crippen MR) is 74.9 cm³/mol. The van der Waals surface area contributed by atoms with Crippen LogP contribution in [0.15, 0.2) is 28.8 Å². The summed E-state index contributed by atoms with van der Waals surface area (Å²) < 4.78 is 10.4. The van der Waals surface area contributed by atoms with Gasteiger partial charge in [-0.2, -0.15) is 0 Å². The average molecular weight is 275 g/mol. The lowest BCUT2D eigenvalue weighted by molar-refractivity contribution is 0.102. The Bertz CT molecular complexity index is 588. The first-order valence-corrected chi connectivity index (χ1v) is 6.29. The molecule has 1 amide bonds. The zero-order valence-corrected chi connectivity index (χ0v) is 11.5. The van der Waals surface area contributed by atoms with Gasteiger partial charge in [0.25, 0.3) is 5.91 Å². The summed E-state index contributed by atoms with van der Waals surface area (Å²) in [6.45, 7) is 4.30. The summed E-state index contributed by atoms with van der Waals surface area (Å²) in [6, 6.07) is 7.13. The lowest BCUT2D eigenvalue weighted by atomic mass is 10.2. The molecule has 0 spiro atoms. The molecule has 0 aliphatic carbocycles. The average Bonchev–Trinajstić information content (AvgIpc) is 2.76. The number of carbonyl (C=O) groups excluding carboxylic acids is 1. The van der Waals surface area contributed by atoms with Crippen LogP contribution in [-0.2, 0) is 0 Å². The second-order valence-corrected chi connectivity index (χ2v) is 4.32. The summed E-state index contributed by atoms with van der Waals surface area (Å²) >= 11 is 0. The predicted octanol–water partition coefficient (Wildman–Crippen LogP) is 1.88. The van der Waals surface area contributed by atoms with E-state index in [1.807, 2.05) is 0 Å². The summed E-state index contributed by atoms with van der Waals surface area (Å²) in [6.07, 6.45) is 0. The number of anilines is 1. The molecule has 0 fully saturated rings. The van der Waals surface area contributed by atoms with Crippen LogP contribution in [0.25, 0.3) is 0 Å². The van der Waals surface area contributed by atoms with E-state index in [9.17, 15) is 4.79 Å². The third-order valence-electron chi connectivity index (χ3n) is 2.74. The van der Waals surface area contributed by atoms with E-state index < -0.39 is 0 Å². The molecule has 0 saturated carbocycles. The highest BCUT2D eigenvalue weighted by Gasteiger charge is 2.17. The fourth-order valence-corrected chi connectivity index (χ4v) is 1.84. The summed E-state index contributed by atoms with van der Waals surface area (Å²) in [5.41, 5.74) is 7.05. The molecule has 0 radical (unpaired) electrons. The molecule has 1 aromatic carbocycles. The first kappa shape index (κ1) is 14.1. The Morgan fingerprint density at radius 1 is 1.45 bits per heavy atom. The van der Waals surface area contributed by atoms with E-state index >= 15 is 0 Å². The maximum absolute atomic E-state index is 12.2. The number of nitrogens with zero attached hydrogens (tertiary/aromatic N) is 1. The van der Waals surface area contributed by atoms with Crippen molar-refractivity contribution in [1.82, 2.24) is 5.16 Å². The van der Waals surface area contributed by atoms with E-state index in [-0.39, 0.29) is 5.91 Å². The fourth-order valence-electron chi connectivity index (χ4n) is 1.84. The molecule has 1 aromatic heterocycles. The number of aromatic nitrogens is 1. The Morgan fingerprint density at radius 3 is 2.90 bits per heavy atom. The van der Waals surface area contributed by atoms with Gasteiger partial charge in [-0.25, -0.2) is 0 Å². The van der Waals surface area contributed by atoms with E-state index in [4.69, 9.17) is 15.0 Å². The number of carbonyl (C=O) groups is 1. The van der Waals surface area contributed by atoms with Crippen LogP contribution in [-0.4, -0.2) is 24.2 Å². The zero-order valence-electron chi connectivity index (χ0n) is 11.5. The van der Waals surface area contributed by atoms with Crippen molar-refractivity contribution in [3.63, 3.8) is 0 Å². The van der Waals surface area contributed by atoms with Gasteiger partial charge >= 0.3 is 0 Å². The SMILES string of the molecule is Cc1noc(C)c1C(=O)Nc1cccc(OCCN)c1. The van der Waals surface area contributed by atoms with Gasteiger partial charge in [0.15, 0.2) is 0 Å². The van der Waals surface area contributed by atoms with Crippen molar-refractivity contribution in [2.45, 2.75) is 13.8 Å². The van der Waals surface area contributed by atoms with Crippen LogP contribution in [0.4, 0.5) is 5.69 Å². The van der Waals surface area contributed by atoms with E-state index in [0.717, 1.165) is 0 Å². The Morgan fingerprint density at radius 2 is 2.25 bits per heavy atom. The molecule has 3 N–H and O–H groups in total. The fraction of sp³-hybridized carbons (Fsp3) is 0.286. The van der Waals surface area contributed by atoms with Crippen molar-refractivity contribution < 1.29 is 14.1 Å². The molecule has 6 nitrogen and oxygen atoms in total. The topological polar surface area (TPSA) is 90.4 Å². The maximum Gasteiger partial charge on any atom is 0.261 e. The lowest BCUT2D eigenvalue weighted by Gasteiger charge is -2.08. The van der Waals surface area contributed by atoms with E-state index in [0.29, 0.717) is 41.6 Å². The van der Waals surface area contributed by atoms with Gasteiger partial charge < -0.3 is 20.3 Å². The molecule has 0 aliphatic heterocycles. The largest absolute Gasteiger partial charge is 0.492 e. The Labute approximate surface area is 116 Å². The first-order valence-electron chi connectivity index (χ1n) is 6.29. The monoisotopic (exact) mass is 275 g/mol. The molecular weight excluding hydrogens is 258 g/mol. The molecule has 2 aromatic rings. The number of aryl methyl sites for hydroxylation is 2. The third kappa shape index (κ3) is 3.16. The molecule has 20 heavy (non-hydrogen) atoms. The minimum Gasteiger partial charge on any atom is -0.492 e. The van der Waals surface area contributed by atoms with Crippen molar-refractivity contribution in [3.8, 4) is 5.75 Å². The lowest BCUT2D eigenvalue weighted by Crippen LogP contribution is -2.14. The van der Waals surface area contributed by atoms with Crippen LogP contribution in [0, 0.1) is 13.8 Å². The van der Waals surface area contributed by atoms with Crippen LogP contribution >= 0.6 is 0 Å².